The lowest BCUT2D eigenvalue weighted by Gasteiger charge is -2.11. The number of furan rings is 1. The van der Waals surface area contributed by atoms with Crippen molar-refractivity contribution in [2.75, 3.05) is 0 Å². The minimum atomic E-state index is -2.72. The molecule has 4 aromatic rings. The Morgan fingerprint density at radius 3 is 2.78 bits per heavy atom. The van der Waals surface area contributed by atoms with Crippen molar-refractivity contribution in [3.63, 3.8) is 0 Å². The van der Waals surface area contributed by atoms with Crippen molar-refractivity contribution in [3.05, 3.63) is 70.7 Å². The first-order valence-electron chi connectivity index (χ1n) is 11.6. The van der Waals surface area contributed by atoms with Crippen LogP contribution in [0.1, 0.15) is 44.7 Å². The van der Waals surface area contributed by atoms with Crippen LogP contribution in [-0.4, -0.2) is 0 Å². The van der Waals surface area contributed by atoms with Crippen LogP contribution in [0.3, 0.4) is 0 Å². The van der Waals surface area contributed by atoms with Gasteiger partial charge in [0.1, 0.15) is 18.2 Å². The fourth-order valence-corrected chi connectivity index (χ4v) is 3.37. The van der Waals surface area contributed by atoms with E-state index in [9.17, 15) is 0 Å². The molecular weight excluding hydrogens is 332 g/mol. The predicted octanol–water partition coefficient (Wildman–Crippen LogP) is 6.37. The molecule has 2 aromatic heterocycles. The first-order valence-corrected chi connectivity index (χ1v) is 8.65. The predicted molar refractivity (Wildman–Crippen MR) is 110 cm³/mol. The van der Waals surface area contributed by atoms with E-state index in [1.165, 1.54) is 6.92 Å². The number of benzene rings is 2. The van der Waals surface area contributed by atoms with E-state index in [2.05, 4.69) is 4.85 Å². The zero-order chi connectivity index (χ0) is 24.5. The maximum atomic E-state index is 8.98. The molecule has 1 atom stereocenters. The molecule has 0 fully saturated rings. The van der Waals surface area contributed by atoms with E-state index in [0.717, 1.165) is 16.3 Å². The maximum absolute atomic E-state index is 8.98. The van der Waals surface area contributed by atoms with Gasteiger partial charge in [-0.2, -0.15) is 4.57 Å². The monoisotopic (exact) mass is 361 g/mol. The molecule has 3 nitrogen and oxygen atoms in total. The van der Waals surface area contributed by atoms with Gasteiger partial charge in [-0.3, -0.25) is 0 Å². The molecule has 0 saturated heterocycles. The molecule has 2 heterocycles. The lowest BCUT2D eigenvalue weighted by atomic mass is 9.96. The lowest BCUT2D eigenvalue weighted by Crippen LogP contribution is -2.35. The van der Waals surface area contributed by atoms with Gasteiger partial charge in [-0.25, -0.2) is 4.85 Å². The Hall–Kier alpha value is -3.12. The fourth-order valence-electron chi connectivity index (χ4n) is 3.37. The van der Waals surface area contributed by atoms with Gasteiger partial charge in [-0.15, -0.1) is 0 Å². The SMILES string of the molecule is [2H]c1c(C([2H])(C)C([2H])([2H])[2H])c([2H])c(-c2c(C)ccc3c2oc2ccc([N+]#[C-])cc23)[n+](C)c1C. The van der Waals surface area contributed by atoms with Crippen LogP contribution in [0.2, 0.25) is 0 Å². The summed E-state index contributed by atoms with van der Waals surface area (Å²) in [6.45, 7) is 9.37. The molecule has 0 bridgehead atoms. The Balaban J connectivity index is 2.17. The average molecular weight is 361 g/mol. The van der Waals surface area contributed by atoms with Crippen LogP contribution < -0.4 is 4.57 Å². The molecule has 0 aliphatic heterocycles. The van der Waals surface area contributed by atoms with E-state index in [4.69, 9.17) is 19.2 Å². The average Bonchev–Trinajstić information content (AvgIpc) is 3.10. The highest BCUT2D eigenvalue weighted by molar-refractivity contribution is 6.10. The molecule has 0 saturated carbocycles. The molecule has 0 spiro atoms. The molecular formula is C24H23N2O+. The number of fused-ring (bicyclic) bond motifs is 3. The lowest BCUT2D eigenvalue weighted by molar-refractivity contribution is -0.666. The van der Waals surface area contributed by atoms with Crippen molar-refractivity contribution in [2.45, 2.75) is 33.5 Å². The van der Waals surface area contributed by atoms with E-state index in [-0.39, 0.29) is 17.6 Å². The molecule has 0 aliphatic carbocycles. The normalized spacial score (nSPS) is 17.3. The highest BCUT2D eigenvalue weighted by Gasteiger charge is 2.23. The van der Waals surface area contributed by atoms with Crippen LogP contribution in [0.4, 0.5) is 5.69 Å². The molecule has 27 heavy (non-hydrogen) atoms. The van der Waals surface area contributed by atoms with Crippen LogP contribution >= 0.6 is 0 Å². The number of hydrogen-bond donors (Lipinski definition) is 0. The molecule has 2 aromatic carbocycles. The molecule has 3 heteroatoms. The summed E-state index contributed by atoms with van der Waals surface area (Å²) in [5, 5.41) is 1.55. The zero-order valence-corrected chi connectivity index (χ0v) is 15.7. The van der Waals surface area contributed by atoms with Crippen molar-refractivity contribution in [3.8, 4) is 11.3 Å². The summed E-state index contributed by atoms with van der Waals surface area (Å²) < 4.78 is 57.7. The van der Waals surface area contributed by atoms with Crippen LogP contribution in [0.5, 0.6) is 0 Å². The number of pyridine rings is 1. The minimum absolute atomic E-state index is 0.129. The molecule has 0 radical (unpaired) electrons. The summed E-state index contributed by atoms with van der Waals surface area (Å²) in [5.41, 5.74) is 3.69. The van der Waals surface area contributed by atoms with E-state index in [1.807, 2.05) is 19.1 Å². The second-order valence-electron chi connectivity index (χ2n) is 6.77. The molecule has 4 rings (SSSR count). The second kappa shape index (κ2) is 6.25. The smallest absolute Gasteiger partial charge is 0.216 e. The number of aromatic nitrogens is 1. The number of aryl methyl sites for hydroxylation is 1. The van der Waals surface area contributed by atoms with Gasteiger partial charge in [0, 0.05) is 35.3 Å². The standard InChI is InChI=1S/C24H23N2O/c1-14(2)17-11-16(4)26(6)21(12-17)23-15(3)7-9-19-20-13-18(25-5)8-10-22(20)27-24(19)23/h7-14H,1-4,6H3/q+1/i1D3,11D,12D,14D. The van der Waals surface area contributed by atoms with E-state index in [0.29, 0.717) is 33.8 Å². The van der Waals surface area contributed by atoms with E-state index >= 15 is 0 Å². The summed E-state index contributed by atoms with van der Waals surface area (Å²) >= 11 is 0. The van der Waals surface area contributed by atoms with Crippen molar-refractivity contribution < 1.29 is 17.2 Å². The zero-order valence-electron chi connectivity index (χ0n) is 21.7. The molecule has 0 amide bonds. The highest BCUT2D eigenvalue weighted by Crippen LogP contribution is 2.38. The van der Waals surface area contributed by atoms with Crippen LogP contribution in [0, 0.1) is 20.4 Å². The first kappa shape index (κ1) is 11.6. The summed E-state index contributed by atoms with van der Waals surface area (Å²) in [4.78, 5) is 3.50. The third kappa shape index (κ3) is 2.69. The topological polar surface area (TPSA) is 21.4 Å². The largest absolute Gasteiger partial charge is 0.455 e. The highest BCUT2D eigenvalue weighted by atomic mass is 16.3. The first-order chi connectivity index (χ1) is 15.3. The van der Waals surface area contributed by atoms with E-state index in [1.54, 1.807) is 36.7 Å². The summed E-state index contributed by atoms with van der Waals surface area (Å²) in [6.07, 6.45) is 0. The van der Waals surface area contributed by atoms with Crippen LogP contribution in [0.25, 0.3) is 38.0 Å². The third-order valence-electron chi connectivity index (χ3n) is 4.96. The number of hydrogen-bond acceptors (Lipinski definition) is 1. The van der Waals surface area contributed by atoms with Gasteiger partial charge in [0.2, 0.25) is 5.69 Å². The Morgan fingerprint density at radius 1 is 1.22 bits per heavy atom. The third-order valence-corrected chi connectivity index (χ3v) is 4.96. The second-order valence-corrected chi connectivity index (χ2v) is 6.77. The molecule has 134 valence electrons. The van der Waals surface area contributed by atoms with Crippen molar-refractivity contribution >= 4 is 27.6 Å². The minimum Gasteiger partial charge on any atom is -0.455 e. The fraction of sp³-hybridized carbons (Fsp3) is 0.250. The van der Waals surface area contributed by atoms with Crippen LogP contribution in [-0.2, 0) is 7.05 Å². The van der Waals surface area contributed by atoms with E-state index < -0.39 is 12.7 Å². The summed E-state index contributed by atoms with van der Waals surface area (Å²) in [6, 6.07) is 8.66. The maximum Gasteiger partial charge on any atom is 0.216 e. The number of rotatable bonds is 2. The summed E-state index contributed by atoms with van der Waals surface area (Å²) in [5.74, 6) is -2.14. The van der Waals surface area contributed by atoms with Crippen molar-refractivity contribution in [1.29, 1.82) is 0 Å². The number of nitrogens with zero attached hydrogens (tertiary/aromatic N) is 2. The Labute approximate surface area is 168 Å². The van der Waals surface area contributed by atoms with Gasteiger partial charge in [0.15, 0.2) is 11.4 Å². The molecule has 1 unspecified atom stereocenters. The van der Waals surface area contributed by atoms with Crippen molar-refractivity contribution in [2.24, 2.45) is 7.05 Å². The molecule has 0 aliphatic rings. The van der Waals surface area contributed by atoms with Crippen LogP contribution in [0.15, 0.2) is 46.8 Å². The Bertz CT molecular complexity index is 1490. The Morgan fingerprint density at radius 2 is 2.04 bits per heavy atom. The van der Waals surface area contributed by atoms with Gasteiger partial charge in [-0.05, 0) is 36.1 Å². The van der Waals surface area contributed by atoms with Gasteiger partial charge in [0.25, 0.3) is 0 Å². The van der Waals surface area contributed by atoms with Crippen molar-refractivity contribution in [1.82, 2.24) is 0 Å². The Kier molecular flexibility index (Phi) is 2.67. The van der Waals surface area contributed by atoms with Gasteiger partial charge in [-0.1, -0.05) is 32.0 Å². The van der Waals surface area contributed by atoms with Gasteiger partial charge < -0.3 is 4.42 Å². The van der Waals surface area contributed by atoms with Gasteiger partial charge >= 0.3 is 0 Å². The van der Waals surface area contributed by atoms with Gasteiger partial charge in [0.05, 0.1) is 14.9 Å². The molecule has 0 N–H and O–H groups in total. The quantitative estimate of drug-likeness (QED) is 0.300. The summed E-state index contributed by atoms with van der Waals surface area (Å²) in [7, 11) is 1.72.